The Labute approximate surface area is 89.8 Å². The number of hydrogen-bond donors (Lipinski definition) is 2. The lowest BCUT2D eigenvalue weighted by molar-refractivity contribution is -0.118. The first kappa shape index (κ1) is 13.1. The Hall–Kier alpha value is 0.0700. The van der Waals surface area contributed by atoms with E-state index in [0.29, 0.717) is 11.0 Å². The second kappa shape index (κ2) is 7.47. The van der Waals surface area contributed by atoms with Crippen LogP contribution in [0, 0.1) is 0 Å². The van der Waals surface area contributed by atoms with E-state index in [9.17, 15) is 4.79 Å². The lowest BCUT2D eigenvalue weighted by Gasteiger charge is -2.21. The first-order chi connectivity index (χ1) is 5.83. The maximum atomic E-state index is 10.9. The van der Waals surface area contributed by atoms with Crippen LogP contribution in [0.4, 0.5) is 0 Å². The molecule has 1 amide bonds. The van der Waals surface area contributed by atoms with Crippen molar-refractivity contribution >= 4 is 30.1 Å². The van der Waals surface area contributed by atoms with Gasteiger partial charge in [-0.15, -0.1) is 24.2 Å². The van der Waals surface area contributed by atoms with Gasteiger partial charge < -0.3 is 10.6 Å². The predicted octanol–water partition coefficient (Wildman–Crippen LogP) is 0.639. The fourth-order valence-electron chi connectivity index (χ4n) is 1.23. The number of rotatable bonds is 3. The van der Waals surface area contributed by atoms with Crippen LogP contribution in [0.1, 0.15) is 12.8 Å². The predicted molar refractivity (Wildman–Crippen MR) is 59.7 cm³/mol. The molecule has 0 aromatic carbocycles. The van der Waals surface area contributed by atoms with Crippen molar-refractivity contribution in [1.82, 2.24) is 10.6 Å². The zero-order valence-corrected chi connectivity index (χ0v) is 9.47. The summed E-state index contributed by atoms with van der Waals surface area (Å²) in [7, 11) is 1.69. The largest absolute Gasteiger partial charge is 0.358 e. The van der Waals surface area contributed by atoms with E-state index in [4.69, 9.17) is 0 Å². The summed E-state index contributed by atoms with van der Waals surface area (Å²) in [4.78, 5) is 10.9. The van der Waals surface area contributed by atoms with Crippen LogP contribution < -0.4 is 10.6 Å². The quantitative estimate of drug-likeness (QED) is 0.740. The molecule has 0 aliphatic carbocycles. The number of thioether (sulfide) groups is 1. The summed E-state index contributed by atoms with van der Waals surface area (Å²) >= 11 is 1.78. The number of piperidine rings is 1. The molecule has 1 aliphatic rings. The maximum Gasteiger partial charge on any atom is 0.229 e. The van der Waals surface area contributed by atoms with Gasteiger partial charge in [0.05, 0.1) is 5.75 Å². The lowest BCUT2D eigenvalue weighted by Crippen LogP contribution is -2.30. The van der Waals surface area contributed by atoms with Gasteiger partial charge in [-0.2, -0.15) is 0 Å². The molecule has 1 aliphatic heterocycles. The molecule has 1 heterocycles. The average Bonchev–Trinajstić information content (AvgIpc) is 2.16. The standard InChI is InChI=1S/C8H16N2OS.ClH/c1-9-8(11)6-12-7-2-4-10-5-3-7;/h7,10H,2-6H2,1H3,(H,9,11);1H. The molecule has 5 heteroatoms. The van der Waals surface area contributed by atoms with Crippen LogP contribution in [-0.2, 0) is 4.79 Å². The van der Waals surface area contributed by atoms with E-state index in [1.54, 1.807) is 18.8 Å². The Morgan fingerprint density at radius 3 is 2.69 bits per heavy atom. The van der Waals surface area contributed by atoms with Gasteiger partial charge >= 0.3 is 0 Å². The van der Waals surface area contributed by atoms with Gasteiger partial charge in [0.2, 0.25) is 5.91 Å². The first-order valence-corrected chi connectivity index (χ1v) is 5.40. The number of carbonyl (C=O) groups excluding carboxylic acids is 1. The zero-order valence-electron chi connectivity index (χ0n) is 7.84. The van der Waals surface area contributed by atoms with Crippen molar-refractivity contribution in [2.24, 2.45) is 0 Å². The van der Waals surface area contributed by atoms with Crippen LogP contribution in [0.2, 0.25) is 0 Å². The van der Waals surface area contributed by atoms with E-state index >= 15 is 0 Å². The Morgan fingerprint density at radius 1 is 1.54 bits per heavy atom. The van der Waals surface area contributed by atoms with Crippen LogP contribution in [-0.4, -0.2) is 37.0 Å². The highest BCUT2D eigenvalue weighted by Crippen LogP contribution is 2.19. The first-order valence-electron chi connectivity index (χ1n) is 4.36. The highest BCUT2D eigenvalue weighted by Gasteiger charge is 2.13. The third kappa shape index (κ3) is 5.39. The number of halogens is 1. The summed E-state index contributed by atoms with van der Waals surface area (Å²) in [6, 6.07) is 0. The fourth-order valence-corrected chi connectivity index (χ4v) is 2.33. The van der Waals surface area contributed by atoms with E-state index in [0.717, 1.165) is 13.1 Å². The van der Waals surface area contributed by atoms with Crippen molar-refractivity contribution < 1.29 is 4.79 Å². The number of hydrogen-bond acceptors (Lipinski definition) is 3. The van der Waals surface area contributed by atoms with E-state index in [-0.39, 0.29) is 18.3 Å². The molecular formula is C8H17ClN2OS. The van der Waals surface area contributed by atoms with Crippen LogP contribution in [0.15, 0.2) is 0 Å². The topological polar surface area (TPSA) is 41.1 Å². The van der Waals surface area contributed by atoms with E-state index in [1.807, 2.05) is 0 Å². The molecule has 0 unspecified atom stereocenters. The van der Waals surface area contributed by atoms with Gasteiger partial charge in [0.1, 0.15) is 0 Å². The third-order valence-electron chi connectivity index (χ3n) is 2.02. The minimum absolute atomic E-state index is 0. The van der Waals surface area contributed by atoms with Crippen LogP contribution >= 0.6 is 24.2 Å². The van der Waals surface area contributed by atoms with Crippen LogP contribution in [0.3, 0.4) is 0 Å². The molecule has 0 saturated carbocycles. The van der Waals surface area contributed by atoms with Gasteiger partial charge in [-0.1, -0.05) is 0 Å². The van der Waals surface area contributed by atoms with Crippen molar-refractivity contribution in [3.8, 4) is 0 Å². The van der Waals surface area contributed by atoms with Gasteiger partial charge in [-0.25, -0.2) is 0 Å². The Bertz CT molecular complexity index is 151. The summed E-state index contributed by atoms with van der Waals surface area (Å²) in [5.41, 5.74) is 0. The molecule has 0 atom stereocenters. The minimum atomic E-state index is 0. The zero-order chi connectivity index (χ0) is 8.81. The Kier molecular flexibility index (Phi) is 7.51. The molecule has 0 aromatic rings. The average molecular weight is 225 g/mol. The third-order valence-corrected chi connectivity index (χ3v) is 3.39. The molecule has 2 N–H and O–H groups in total. The van der Waals surface area contributed by atoms with Gasteiger partial charge in [-0.05, 0) is 25.9 Å². The van der Waals surface area contributed by atoms with Crippen LogP contribution in [0.25, 0.3) is 0 Å². The van der Waals surface area contributed by atoms with Crippen LogP contribution in [0.5, 0.6) is 0 Å². The summed E-state index contributed by atoms with van der Waals surface area (Å²) in [6.07, 6.45) is 2.39. The van der Waals surface area contributed by atoms with Gasteiger partial charge in [0, 0.05) is 12.3 Å². The van der Waals surface area contributed by atoms with E-state index in [1.165, 1.54) is 12.8 Å². The molecule has 0 bridgehead atoms. The molecule has 13 heavy (non-hydrogen) atoms. The summed E-state index contributed by atoms with van der Waals surface area (Å²) in [5.74, 6) is 0.750. The molecule has 1 saturated heterocycles. The molecule has 1 rings (SSSR count). The normalized spacial score (nSPS) is 17.6. The number of amides is 1. The van der Waals surface area contributed by atoms with Crippen molar-refractivity contribution in [1.29, 1.82) is 0 Å². The molecule has 1 fully saturated rings. The highest BCUT2D eigenvalue weighted by molar-refractivity contribution is 8.00. The summed E-state index contributed by atoms with van der Waals surface area (Å²) < 4.78 is 0. The second-order valence-electron chi connectivity index (χ2n) is 2.93. The molecule has 3 nitrogen and oxygen atoms in total. The number of nitrogens with one attached hydrogen (secondary N) is 2. The molecule has 0 spiro atoms. The summed E-state index contributed by atoms with van der Waals surface area (Å²) in [6.45, 7) is 2.21. The maximum absolute atomic E-state index is 10.9. The SMILES string of the molecule is CNC(=O)CSC1CCNCC1.Cl. The van der Waals surface area contributed by atoms with Gasteiger partial charge in [0.25, 0.3) is 0 Å². The van der Waals surface area contributed by atoms with Gasteiger partial charge in [-0.3, -0.25) is 4.79 Å². The molecule has 78 valence electrons. The fraction of sp³-hybridized carbons (Fsp3) is 0.875. The van der Waals surface area contributed by atoms with E-state index < -0.39 is 0 Å². The van der Waals surface area contributed by atoms with E-state index in [2.05, 4.69) is 10.6 Å². The molecule has 0 radical (unpaired) electrons. The summed E-state index contributed by atoms with van der Waals surface area (Å²) in [5, 5.41) is 6.62. The van der Waals surface area contributed by atoms with Crippen molar-refractivity contribution in [3.05, 3.63) is 0 Å². The molecule has 0 aromatic heterocycles. The lowest BCUT2D eigenvalue weighted by atomic mass is 10.2. The van der Waals surface area contributed by atoms with Crippen molar-refractivity contribution in [3.63, 3.8) is 0 Å². The second-order valence-corrected chi connectivity index (χ2v) is 4.22. The minimum Gasteiger partial charge on any atom is -0.358 e. The van der Waals surface area contributed by atoms with Crippen molar-refractivity contribution in [2.45, 2.75) is 18.1 Å². The smallest absolute Gasteiger partial charge is 0.229 e. The monoisotopic (exact) mass is 224 g/mol. The Balaban J connectivity index is 0.00000144. The highest BCUT2D eigenvalue weighted by atomic mass is 35.5. The Morgan fingerprint density at radius 2 is 2.15 bits per heavy atom. The molecular weight excluding hydrogens is 208 g/mol. The number of carbonyl (C=O) groups is 1. The van der Waals surface area contributed by atoms with Crippen molar-refractivity contribution in [2.75, 3.05) is 25.9 Å². The van der Waals surface area contributed by atoms with Gasteiger partial charge in [0.15, 0.2) is 0 Å².